The predicted octanol–water partition coefficient (Wildman–Crippen LogP) is 5.42. The molecule has 2 aromatic carbocycles. The van der Waals surface area contributed by atoms with E-state index in [2.05, 4.69) is 4.98 Å². The van der Waals surface area contributed by atoms with Crippen molar-refractivity contribution in [1.82, 2.24) is 4.98 Å². The van der Waals surface area contributed by atoms with Gasteiger partial charge in [-0.25, -0.2) is 0 Å². The first-order valence-corrected chi connectivity index (χ1v) is 9.98. The maximum Gasteiger partial charge on any atom is 0.392 e. The second kappa shape index (κ2) is 8.27. The number of phenols is 1. The van der Waals surface area contributed by atoms with Crippen molar-refractivity contribution in [1.29, 1.82) is 5.26 Å². The Hall–Kier alpha value is -2.98. The molecule has 1 aromatic heterocycles. The number of nitriles is 1. The predicted molar refractivity (Wildman–Crippen MR) is 113 cm³/mol. The number of fused-ring (bicyclic) bond motifs is 1. The van der Waals surface area contributed by atoms with Gasteiger partial charge >= 0.3 is 6.18 Å². The van der Waals surface area contributed by atoms with Gasteiger partial charge in [-0.05, 0) is 49.1 Å². The molecule has 2 unspecified atom stereocenters. The normalized spacial score (nSPS) is 14.9. The zero-order chi connectivity index (χ0) is 23.0. The van der Waals surface area contributed by atoms with E-state index in [0.717, 1.165) is 0 Å². The van der Waals surface area contributed by atoms with Gasteiger partial charge in [0.25, 0.3) is 0 Å². The first-order valence-electron chi connectivity index (χ1n) is 9.98. The number of aliphatic hydroxyl groups excluding tert-OH is 1. The van der Waals surface area contributed by atoms with Crippen molar-refractivity contribution < 1.29 is 23.4 Å². The highest BCUT2D eigenvalue weighted by Gasteiger charge is 2.45. The number of aliphatic hydroxyl groups is 1. The van der Waals surface area contributed by atoms with E-state index in [0.29, 0.717) is 27.6 Å². The molecule has 0 spiro atoms. The van der Waals surface area contributed by atoms with Crippen molar-refractivity contribution in [3.8, 4) is 11.8 Å². The number of hydrogen-bond acceptors (Lipinski definition) is 3. The molecule has 0 saturated carbocycles. The summed E-state index contributed by atoms with van der Waals surface area (Å²) >= 11 is 0. The molecular weight excluding hydrogens is 405 g/mol. The van der Waals surface area contributed by atoms with Gasteiger partial charge in [-0.2, -0.15) is 18.4 Å². The molecule has 3 aromatic rings. The molecule has 0 aliphatic heterocycles. The maximum absolute atomic E-state index is 14.1. The van der Waals surface area contributed by atoms with Crippen LogP contribution >= 0.6 is 0 Å². The molecule has 3 N–H and O–H groups in total. The summed E-state index contributed by atoms with van der Waals surface area (Å²) < 4.78 is 42.3. The van der Waals surface area contributed by atoms with E-state index in [4.69, 9.17) is 0 Å². The van der Waals surface area contributed by atoms with Crippen molar-refractivity contribution in [2.24, 2.45) is 5.92 Å². The summed E-state index contributed by atoms with van der Waals surface area (Å²) in [6.07, 6.45) is -5.34. The number of aryl methyl sites for hydroxylation is 2. The van der Waals surface area contributed by atoms with E-state index in [1.54, 1.807) is 51.1 Å². The van der Waals surface area contributed by atoms with E-state index in [1.807, 2.05) is 6.07 Å². The van der Waals surface area contributed by atoms with Crippen molar-refractivity contribution in [3.05, 3.63) is 64.3 Å². The lowest BCUT2D eigenvalue weighted by Crippen LogP contribution is -2.37. The number of para-hydroxylation sites is 1. The number of alkyl halides is 3. The van der Waals surface area contributed by atoms with Gasteiger partial charge in [-0.1, -0.05) is 31.2 Å². The Labute approximate surface area is 179 Å². The van der Waals surface area contributed by atoms with Gasteiger partial charge < -0.3 is 15.2 Å². The van der Waals surface area contributed by atoms with Crippen LogP contribution in [0.3, 0.4) is 0 Å². The van der Waals surface area contributed by atoms with E-state index in [9.17, 15) is 28.6 Å². The third-order valence-corrected chi connectivity index (χ3v) is 6.05. The zero-order valence-electron chi connectivity index (χ0n) is 17.6. The number of aromatic hydroxyl groups is 1. The molecule has 3 rings (SSSR count). The molecule has 0 amide bonds. The number of rotatable bonds is 6. The number of hydrogen-bond donors (Lipinski definition) is 3. The average molecular weight is 430 g/mol. The Balaban J connectivity index is 2.03. The molecule has 7 heteroatoms. The number of aromatic nitrogens is 1. The SMILES string of the molecule is Cc1cc(C)c(C(C)(CO)CC(Cc2[nH]c3ccccc3c2C#N)C(F)(F)F)cc1O. The van der Waals surface area contributed by atoms with Crippen LogP contribution in [0.1, 0.15) is 41.3 Å². The van der Waals surface area contributed by atoms with E-state index < -0.39 is 37.0 Å². The number of benzene rings is 2. The fourth-order valence-corrected chi connectivity index (χ4v) is 4.32. The van der Waals surface area contributed by atoms with Gasteiger partial charge in [0.2, 0.25) is 0 Å². The molecule has 4 nitrogen and oxygen atoms in total. The highest BCUT2D eigenvalue weighted by Crippen LogP contribution is 2.42. The number of phenolic OH excluding ortho intramolecular Hbond substituents is 1. The molecule has 0 aliphatic rings. The molecule has 0 fully saturated rings. The highest BCUT2D eigenvalue weighted by atomic mass is 19.4. The smallest absolute Gasteiger partial charge is 0.392 e. The minimum absolute atomic E-state index is 0.0220. The lowest BCUT2D eigenvalue weighted by molar-refractivity contribution is -0.180. The summed E-state index contributed by atoms with van der Waals surface area (Å²) in [6.45, 7) is 4.52. The topological polar surface area (TPSA) is 80.0 Å². The molecule has 0 saturated heterocycles. The van der Waals surface area contributed by atoms with Crippen LogP contribution in [0.25, 0.3) is 10.9 Å². The van der Waals surface area contributed by atoms with Crippen LogP contribution in [0.15, 0.2) is 36.4 Å². The lowest BCUT2D eigenvalue weighted by atomic mass is 9.73. The van der Waals surface area contributed by atoms with Gasteiger partial charge in [-0.3, -0.25) is 0 Å². The fraction of sp³-hybridized carbons (Fsp3) is 0.375. The summed E-state index contributed by atoms with van der Waals surface area (Å²) in [5.74, 6) is -1.82. The molecule has 1 heterocycles. The lowest BCUT2D eigenvalue weighted by Gasteiger charge is -2.34. The van der Waals surface area contributed by atoms with Gasteiger partial charge in [0.05, 0.1) is 18.1 Å². The Kier molecular flexibility index (Phi) is 6.06. The van der Waals surface area contributed by atoms with Crippen LogP contribution in [0, 0.1) is 31.1 Å². The second-order valence-electron chi connectivity index (χ2n) is 8.46. The molecule has 0 radical (unpaired) electrons. The Morgan fingerprint density at radius 1 is 1.13 bits per heavy atom. The van der Waals surface area contributed by atoms with Crippen LogP contribution in [-0.2, 0) is 11.8 Å². The van der Waals surface area contributed by atoms with E-state index >= 15 is 0 Å². The summed E-state index contributed by atoms with van der Waals surface area (Å²) in [4.78, 5) is 2.96. The number of halogens is 3. The van der Waals surface area contributed by atoms with Crippen molar-refractivity contribution in [2.75, 3.05) is 6.61 Å². The average Bonchev–Trinajstić information content (AvgIpc) is 3.06. The molecule has 2 atom stereocenters. The number of aromatic amines is 1. The largest absolute Gasteiger partial charge is 0.508 e. The highest BCUT2D eigenvalue weighted by molar-refractivity contribution is 5.87. The standard InChI is InChI=1S/C24H25F3N2O2/c1-14-8-15(2)22(31)10-19(14)23(3,13-30)11-16(24(25,26)27)9-21-18(12-28)17-6-4-5-7-20(17)29-21/h4-8,10,16,29-31H,9,11,13H2,1-3H3. The minimum Gasteiger partial charge on any atom is -0.508 e. The Bertz CT molecular complexity index is 1140. The third-order valence-electron chi connectivity index (χ3n) is 6.05. The van der Waals surface area contributed by atoms with Crippen molar-refractivity contribution >= 4 is 10.9 Å². The van der Waals surface area contributed by atoms with Gasteiger partial charge in [-0.15, -0.1) is 0 Å². The zero-order valence-corrected chi connectivity index (χ0v) is 17.6. The maximum atomic E-state index is 14.1. The minimum atomic E-state index is -4.54. The first kappa shape index (κ1) is 22.7. The number of nitrogens with zero attached hydrogens (tertiary/aromatic N) is 1. The number of H-pyrrole nitrogens is 1. The fourth-order valence-electron chi connectivity index (χ4n) is 4.32. The van der Waals surface area contributed by atoms with Crippen LogP contribution in [-0.4, -0.2) is 28.0 Å². The van der Waals surface area contributed by atoms with Gasteiger partial charge in [0.1, 0.15) is 11.8 Å². The van der Waals surface area contributed by atoms with Crippen molar-refractivity contribution in [3.63, 3.8) is 0 Å². The van der Waals surface area contributed by atoms with Crippen LogP contribution in [0.2, 0.25) is 0 Å². The third kappa shape index (κ3) is 4.40. The second-order valence-corrected chi connectivity index (χ2v) is 8.46. The summed E-state index contributed by atoms with van der Waals surface area (Å²) in [5, 5.41) is 30.4. The molecule has 0 bridgehead atoms. The Morgan fingerprint density at radius 2 is 1.81 bits per heavy atom. The quantitative estimate of drug-likeness (QED) is 0.488. The summed E-state index contributed by atoms with van der Waals surface area (Å²) in [6, 6.07) is 12.1. The molecule has 164 valence electrons. The monoisotopic (exact) mass is 430 g/mol. The van der Waals surface area contributed by atoms with Crippen LogP contribution < -0.4 is 0 Å². The molecule has 0 aliphatic carbocycles. The van der Waals surface area contributed by atoms with Gasteiger partial charge in [0, 0.05) is 28.4 Å². The summed E-state index contributed by atoms with van der Waals surface area (Å²) in [7, 11) is 0. The van der Waals surface area contributed by atoms with E-state index in [1.165, 1.54) is 6.07 Å². The Morgan fingerprint density at radius 3 is 2.42 bits per heavy atom. The number of nitrogens with one attached hydrogen (secondary N) is 1. The van der Waals surface area contributed by atoms with Crippen LogP contribution in [0.5, 0.6) is 5.75 Å². The molecule has 31 heavy (non-hydrogen) atoms. The van der Waals surface area contributed by atoms with Crippen molar-refractivity contribution in [2.45, 2.75) is 45.2 Å². The summed E-state index contributed by atoms with van der Waals surface area (Å²) in [5.41, 5.74) is 1.62. The first-order chi connectivity index (χ1) is 14.5. The van der Waals surface area contributed by atoms with E-state index in [-0.39, 0.29) is 17.0 Å². The van der Waals surface area contributed by atoms with Gasteiger partial charge in [0.15, 0.2) is 0 Å². The molecular formula is C24H25F3N2O2. The van der Waals surface area contributed by atoms with Crippen LogP contribution in [0.4, 0.5) is 13.2 Å².